The van der Waals surface area contributed by atoms with Crippen LogP contribution in [-0.4, -0.2) is 17.0 Å². The first-order valence-corrected chi connectivity index (χ1v) is 7.98. The number of hydrogen-bond donors (Lipinski definition) is 1. The number of benzene rings is 2. The van der Waals surface area contributed by atoms with Crippen molar-refractivity contribution in [3.8, 4) is 0 Å². The molecule has 1 nitrogen and oxygen atoms in total. The molecule has 0 aliphatic rings. The Kier molecular flexibility index (Phi) is 5.27. The van der Waals surface area contributed by atoms with E-state index < -0.39 is 0 Å². The molecule has 2 rings (SSSR count). The minimum atomic E-state index is -0.306. The van der Waals surface area contributed by atoms with Gasteiger partial charge in [-0.1, -0.05) is 36.4 Å². The molecular weight excluding hydrogens is 264 g/mol. The Bertz CT molecular complexity index is 557. The molecule has 0 fully saturated rings. The predicted molar refractivity (Wildman–Crippen MR) is 87.5 cm³/mol. The zero-order valence-electron chi connectivity index (χ0n) is 12.4. The van der Waals surface area contributed by atoms with E-state index in [4.69, 9.17) is 0 Å². The second-order valence-corrected chi connectivity index (χ2v) is 6.37. The summed E-state index contributed by atoms with van der Waals surface area (Å²) in [6.07, 6.45) is 0.427. The molecule has 2 heteroatoms. The molecule has 0 bridgehead atoms. The molecule has 2 aromatic carbocycles. The molecule has 0 saturated carbocycles. The van der Waals surface area contributed by atoms with Crippen LogP contribution >= 0.6 is 11.8 Å². The van der Waals surface area contributed by atoms with Gasteiger partial charge in [0.1, 0.15) is 0 Å². The summed E-state index contributed by atoms with van der Waals surface area (Å²) in [5.41, 5.74) is 5.09. The molecule has 0 aromatic heterocycles. The van der Waals surface area contributed by atoms with Crippen molar-refractivity contribution in [3.63, 3.8) is 0 Å². The summed E-state index contributed by atoms with van der Waals surface area (Å²) in [5.74, 6) is 0.735. The van der Waals surface area contributed by atoms with E-state index in [9.17, 15) is 5.11 Å². The molecule has 0 saturated heterocycles. The van der Waals surface area contributed by atoms with Crippen molar-refractivity contribution in [1.29, 1.82) is 0 Å². The van der Waals surface area contributed by atoms with Gasteiger partial charge in [0.25, 0.3) is 0 Å². The van der Waals surface area contributed by atoms with Gasteiger partial charge in [-0.15, -0.1) is 11.8 Å². The fourth-order valence-corrected chi connectivity index (χ4v) is 3.33. The summed E-state index contributed by atoms with van der Waals surface area (Å²) in [6, 6.07) is 14.6. The highest BCUT2D eigenvalue weighted by Gasteiger charge is 2.11. The lowest BCUT2D eigenvalue weighted by molar-refractivity contribution is 0.199. The van der Waals surface area contributed by atoms with E-state index in [2.05, 4.69) is 51.1 Å². The van der Waals surface area contributed by atoms with E-state index in [-0.39, 0.29) is 6.10 Å². The van der Waals surface area contributed by atoms with E-state index >= 15 is 0 Å². The molecule has 0 heterocycles. The lowest BCUT2D eigenvalue weighted by Gasteiger charge is -2.15. The van der Waals surface area contributed by atoms with Crippen molar-refractivity contribution >= 4 is 11.8 Å². The quantitative estimate of drug-likeness (QED) is 0.827. The summed E-state index contributed by atoms with van der Waals surface area (Å²) < 4.78 is 0. The Balaban J connectivity index is 1.96. The maximum absolute atomic E-state index is 10.3. The van der Waals surface area contributed by atoms with Gasteiger partial charge in [-0.3, -0.25) is 0 Å². The van der Waals surface area contributed by atoms with Crippen LogP contribution < -0.4 is 0 Å². The molecule has 0 aliphatic heterocycles. The van der Waals surface area contributed by atoms with Crippen LogP contribution in [0.25, 0.3) is 0 Å². The zero-order valence-corrected chi connectivity index (χ0v) is 13.2. The first-order chi connectivity index (χ1) is 9.58. The highest BCUT2D eigenvalue weighted by Crippen LogP contribution is 2.24. The van der Waals surface area contributed by atoms with Gasteiger partial charge >= 0.3 is 0 Å². The third kappa shape index (κ3) is 3.87. The molecule has 106 valence electrons. The largest absolute Gasteiger partial charge is 0.392 e. The van der Waals surface area contributed by atoms with E-state index in [1.54, 1.807) is 11.8 Å². The maximum Gasteiger partial charge on any atom is 0.0674 e. The topological polar surface area (TPSA) is 20.2 Å². The lowest BCUT2D eigenvalue weighted by Crippen LogP contribution is -2.15. The zero-order chi connectivity index (χ0) is 14.5. The normalized spacial score (nSPS) is 12.4. The molecule has 0 radical (unpaired) electrons. The van der Waals surface area contributed by atoms with E-state index in [0.29, 0.717) is 0 Å². The van der Waals surface area contributed by atoms with Gasteiger partial charge in [0.05, 0.1) is 6.10 Å². The van der Waals surface area contributed by atoms with Gasteiger partial charge in [-0.2, -0.15) is 0 Å². The van der Waals surface area contributed by atoms with E-state index in [1.807, 2.05) is 12.1 Å². The molecule has 2 aromatic rings. The van der Waals surface area contributed by atoms with Crippen LogP contribution in [-0.2, 0) is 6.42 Å². The van der Waals surface area contributed by atoms with Gasteiger partial charge < -0.3 is 5.11 Å². The van der Waals surface area contributed by atoms with Gasteiger partial charge in [-0.25, -0.2) is 0 Å². The molecular formula is C18H22OS. The number of aryl methyl sites for hydroxylation is 3. The highest BCUT2D eigenvalue weighted by molar-refractivity contribution is 7.99. The summed E-state index contributed by atoms with van der Waals surface area (Å²) in [7, 11) is 0. The summed E-state index contributed by atoms with van der Waals surface area (Å²) >= 11 is 1.74. The first-order valence-electron chi connectivity index (χ1n) is 6.99. The van der Waals surface area contributed by atoms with Crippen LogP contribution in [0.15, 0.2) is 47.4 Å². The average molecular weight is 286 g/mol. The molecule has 0 aliphatic carbocycles. The van der Waals surface area contributed by atoms with Crippen molar-refractivity contribution in [2.75, 3.05) is 5.75 Å². The first kappa shape index (κ1) is 15.1. The molecule has 1 atom stereocenters. The van der Waals surface area contributed by atoms with E-state index in [1.165, 1.54) is 27.1 Å². The van der Waals surface area contributed by atoms with Crippen molar-refractivity contribution in [2.24, 2.45) is 0 Å². The Morgan fingerprint density at radius 3 is 2.15 bits per heavy atom. The number of aliphatic hydroxyl groups is 1. The Hall–Kier alpha value is -1.25. The van der Waals surface area contributed by atoms with Crippen molar-refractivity contribution in [1.82, 2.24) is 0 Å². The number of thioether (sulfide) groups is 1. The Labute approximate surface area is 126 Å². The standard InChI is InChI=1S/C18H22OS/c1-13-8-6-9-14(2)17(13)11-16(19)12-20-18-10-5-4-7-15(18)3/h4-10,16,19H,11-12H2,1-3H3. The van der Waals surface area contributed by atoms with Crippen LogP contribution in [0.2, 0.25) is 0 Å². The van der Waals surface area contributed by atoms with Crippen LogP contribution in [0.1, 0.15) is 22.3 Å². The number of hydrogen-bond acceptors (Lipinski definition) is 2. The summed E-state index contributed by atoms with van der Waals surface area (Å²) in [6.45, 7) is 6.34. The maximum atomic E-state index is 10.3. The number of rotatable bonds is 5. The van der Waals surface area contributed by atoms with Gasteiger partial charge in [0, 0.05) is 10.6 Å². The molecule has 0 spiro atoms. The van der Waals surface area contributed by atoms with Crippen molar-refractivity contribution < 1.29 is 5.11 Å². The van der Waals surface area contributed by atoms with Gasteiger partial charge in [0.15, 0.2) is 0 Å². The van der Waals surface area contributed by atoms with Crippen LogP contribution in [0.5, 0.6) is 0 Å². The van der Waals surface area contributed by atoms with Gasteiger partial charge in [0.2, 0.25) is 0 Å². The fraction of sp³-hybridized carbons (Fsp3) is 0.333. The molecule has 0 amide bonds. The molecule has 1 unspecified atom stereocenters. The van der Waals surface area contributed by atoms with Crippen LogP contribution in [0.4, 0.5) is 0 Å². The van der Waals surface area contributed by atoms with Crippen LogP contribution in [0.3, 0.4) is 0 Å². The van der Waals surface area contributed by atoms with Crippen LogP contribution in [0, 0.1) is 20.8 Å². The third-order valence-corrected chi connectivity index (χ3v) is 4.93. The minimum absolute atomic E-state index is 0.306. The summed E-state index contributed by atoms with van der Waals surface area (Å²) in [4.78, 5) is 1.26. The molecule has 1 N–H and O–H groups in total. The highest BCUT2D eigenvalue weighted by atomic mass is 32.2. The predicted octanol–water partition coefficient (Wildman–Crippen LogP) is 4.31. The Morgan fingerprint density at radius 1 is 0.900 bits per heavy atom. The minimum Gasteiger partial charge on any atom is -0.392 e. The Morgan fingerprint density at radius 2 is 1.50 bits per heavy atom. The monoisotopic (exact) mass is 286 g/mol. The van der Waals surface area contributed by atoms with Gasteiger partial charge in [-0.05, 0) is 55.5 Å². The second kappa shape index (κ2) is 6.96. The smallest absolute Gasteiger partial charge is 0.0674 e. The number of aliphatic hydroxyl groups excluding tert-OH is 1. The third-order valence-electron chi connectivity index (χ3n) is 3.61. The summed E-state index contributed by atoms with van der Waals surface area (Å²) in [5, 5.41) is 10.3. The fourth-order valence-electron chi connectivity index (χ4n) is 2.37. The SMILES string of the molecule is Cc1ccccc1SCC(O)Cc1c(C)cccc1C. The lowest BCUT2D eigenvalue weighted by atomic mass is 9.98. The van der Waals surface area contributed by atoms with Crippen molar-refractivity contribution in [2.45, 2.75) is 38.2 Å². The average Bonchev–Trinajstić information content (AvgIpc) is 2.42. The van der Waals surface area contributed by atoms with Crippen molar-refractivity contribution in [3.05, 3.63) is 64.7 Å². The molecule has 20 heavy (non-hydrogen) atoms. The second-order valence-electron chi connectivity index (χ2n) is 5.30. The van der Waals surface area contributed by atoms with E-state index in [0.717, 1.165) is 12.2 Å².